The van der Waals surface area contributed by atoms with Crippen molar-refractivity contribution in [3.05, 3.63) is 12.1 Å². The summed E-state index contributed by atoms with van der Waals surface area (Å²) < 4.78 is 1.43. The molecule has 1 aliphatic rings. The van der Waals surface area contributed by atoms with Gasteiger partial charge in [-0.3, -0.25) is 4.90 Å². The molecule has 1 aliphatic heterocycles. The van der Waals surface area contributed by atoms with Crippen LogP contribution >= 0.6 is 11.8 Å². The van der Waals surface area contributed by atoms with Crippen molar-refractivity contribution in [1.82, 2.24) is 30.2 Å². The van der Waals surface area contributed by atoms with E-state index in [2.05, 4.69) is 30.8 Å². The average molecular weight is 265 g/mol. The molecule has 0 amide bonds. The van der Waals surface area contributed by atoms with Crippen molar-refractivity contribution in [2.45, 2.75) is 0 Å². The van der Waals surface area contributed by atoms with E-state index in [1.54, 1.807) is 0 Å². The molecule has 0 spiro atoms. The Hall–Kier alpha value is -1.41. The number of tetrazole rings is 1. The predicted molar refractivity (Wildman–Crippen MR) is 70.8 cm³/mol. The Morgan fingerprint density at radius 2 is 2.17 bits per heavy atom. The zero-order valence-corrected chi connectivity index (χ0v) is 10.8. The molecule has 0 saturated carbocycles. The van der Waals surface area contributed by atoms with Crippen molar-refractivity contribution < 1.29 is 0 Å². The van der Waals surface area contributed by atoms with Gasteiger partial charge in [-0.15, -0.1) is 14.8 Å². The fourth-order valence-corrected chi connectivity index (χ4v) is 2.89. The largest absolute Gasteiger partial charge is 0.367 e. The first-order valence-electron chi connectivity index (χ1n) is 6.01. The molecule has 0 unspecified atom stereocenters. The van der Waals surface area contributed by atoms with E-state index in [1.165, 1.54) is 29.2 Å². The summed E-state index contributed by atoms with van der Waals surface area (Å²) in [6, 6.07) is 3.75. The molecular weight excluding hydrogens is 250 g/mol. The number of anilines is 1. The lowest BCUT2D eigenvalue weighted by atomic mass is 10.4. The van der Waals surface area contributed by atoms with Gasteiger partial charge >= 0.3 is 0 Å². The van der Waals surface area contributed by atoms with Gasteiger partial charge in [0.2, 0.25) is 0 Å². The highest BCUT2D eigenvalue weighted by molar-refractivity contribution is 7.99. The summed E-state index contributed by atoms with van der Waals surface area (Å²) in [5.74, 6) is 3.30. The quantitative estimate of drug-likeness (QED) is 0.833. The second-order valence-corrected chi connectivity index (χ2v) is 5.35. The molecule has 3 heterocycles. The van der Waals surface area contributed by atoms with Gasteiger partial charge in [-0.1, -0.05) is 0 Å². The Bertz CT molecular complexity index is 508. The minimum absolute atomic E-state index is 0.661. The third kappa shape index (κ3) is 2.70. The van der Waals surface area contributed by atoms with E-state index in [4.69, 9.17) is 0 Å². The van der Waals surface area contributed by atoms with Crippen LogP contribution in [0.1, 0.15) is 0 Å². The van der Waals surface area contributed by atoms with Crippen LogP contribution in [0.25, 0.3) is 5.65 Å². The van der Waals surface area contributed by atoms with E-state index in [9.17, 15) is 0 Å². The van der Waals surface area contributed by atoms with Gasteiger partial charge in [0.1, 0.15) is 5.82 Å². The lowest BCUT2D eigenvalue weighted by molar-refractivity contribution is 0.314. The topological polar surface area (TPSA) is 71.2 Å². The molecule has 0 aliphatic carbocycles. The summed E-state index contributed by atoms with van der Waals surface area (Å²) in [6.45, 7) is 4.32. The SMILES string of the molecule is c1cc2nnnn2nc1NCCN1CCSCC1. The molecule has 0 radical (unpaired) electrons. The average Bonchev–Trinajstić information content (AvgIpc) is 2.87. The number of rotatable bonds is 4. The van der Waals surface area contributed by atoms with Crippen molar-refractivity contribution >= 4 is 23.2 Å². The van der Waals surface area contributed by atoms with Gasteiger partial charge in [-0.05, 0) is 22.6 Å². The van der Waals surface area contributed by atoms with Gasteiger partial charge in [-0.25, -0.2) is 0 Å². The summed E-state index contributed by atoms with van der Waals surface area (Å²) in [5.41, 5.74) is 0.661. The highest BCUT2D eigenvalue weighted by atomic mass is 32.2. The van der Waals surface area contributed by atoms with Gasteiger partial charge in [0.05, 0.1) is 0 Å². The number of fused-ring (bicyclic) bond motifs is 1. The van der Waals surface area contributed by atoms with Crippen LogP contribution in [0.4, 0.5) is 5.82 Å². The van der Waals surface area contributed by atoms with Crippen LogP contribution in [-0.2, 0) is 0 Å². The van der Waals surface area contributed by atoms with Crippen molar-refractivity contribution in [2.24, 2.45) is 0 Å². The van der Waals surface area contributed by atoms with Crippen LogP contribution in [0.5, 0.6) is 0 Å². The first-order valence-corrected chi connectivity index (χ1v) is 7.17. The van der Waals surface area contributed by atoms with Gasteiger partial charge < -0.3 is 5.32 Å². The second-order valence-electron chi connectivity index (χ2n) is 4.13. The molecule has 7 nitrogen and oxygen atoms in total. The van der Waals surface area contributed by atoms with Gasteiger partial charge in [0, 0.05) is 37.7 Å². The monoisotopic (exact) mass is 265 g/mol. The second kappa shape index (κ2) is 5.49. The number of hydrogen-bond acceptors (Lipinski definition) is 7. The Labute approximate surface area is 109 Å². The van der Waals surface area contributed by atoms with Crippen LogP contribution in [-0.4, -0.2) is 67.8 Å². The fraction of sp³-hybridized carbons (Fsp3) is 0.600. The number of nitrogens with zero attached hydrogens (tertiary/aromatic N) is 6. The molecular formula is C10H15N7S. The maximum atomic E-state index is 4.26. The van der Waals surface area contributed by atoms with Crippen LogP contribution in [0, 0.1) is 0 Å². The Balaban J connectivity index is 1.52. The Morgan fingerprint density at radius 3 is 3.06 bits per heavy atom. The molecule has 1 fully saturated rings. The fourth-order valence-electron chi connectivity index (χ4n) is 1.91. The highest BCUT2D eigenvalue weighted by Crippen LogP contribution is 2.08. The molecule has 8 heteroatoms. The van der Waals surface area contributed by atoms with Crippen molar-refractivity contribution in [1.29, 1.82) is 0 Å². The van der Waals surface area contributed by atoms with Crippen molar-refractivity contribution in [2.75, 3.05) is 43.0 Å². The van der Waals surface area contributed by atoms with Crippen LogP contribution in [0.3, 0.4) is 0 Å². The van der Waals surface area contributed by atoms with Gasteiger partial charge in [-0.2, -0.15) is 11.8 Å². The molecule has 3 rings (SSSR count). The Kier molecular flexibility index (Phi) is 3.56. The Morgan fingerprint density at radius 1 is 1.28 bits per heavy atom. The van der Waals surface area contributed by atoms with Gasteiger partial charge in [0.25, 0.3) is 0 Å². The normalized spacial score (nSPS) is 17.1. The van der Waals surface area contributed by atoms with E-state index >= 15 is 0 Å². The maximum absolute atomic E-state index is 4.26. The van der Waals surface area contributed by atoms with E-state index in [1.807, 2.05) is 23.9 Å². The van der Waals surface area contributed by atoms with E-state index in [0.29, 0.717) is 5.65 Å². The zero-order chi connectivity index (χ0) is 12.2. The molecule has 1 saturated heterocycles. The summed E-state index contributed by atoms with van der Waals surface area (Å²) in [7, 11) is 0. The standard InChI is InChI=1S/C10H15N7S/c1-2-10-12-14-15-17(10)13-9(1)11-3-4-16-5-7-18-8-6-16/h1-2H,3-8H2,(H,11,13). The van der Waals surface area contributed by atoms with Crippen LogP contribution in [0.2, 0.25) is 0 Å². The summed E-state index contributed by atoms with van der Waals surface area (Å²) in [5, 5.41) is 18.7. The number of aromatic nitrogens is 5. The van der Waals surface area contributed by atoms with E-state index < -0.39 is 0 Å². The minimum atomic E-state index is 0.661. The zero-order valence-electron chi connectivity index (χ0n) is 9.99. The molecule has 18 heavy (non-hydrogen) atoms. The molecule has 2 aromatic rings. The molecule has 1 N–H and O–H groups in total. The number of thioether (sulfide) groups is 1. The van der Waals surface area contributed by atoms with Crippen molar-refractivity contribution in [3.8, 4) is 0 Å². The predicted octanol–water partition coefficient (Wildman–Crippen LogP) is -0.0200. The number of hydrogen-bond donors (Lipinski definition) is 1. The molecule has 0 aromatic carbocycles. The summed E-state index contributed by atoms with van der Waals surface area (Å²) >= 11 is 2.03. The summed E-state index contributed by atoms with van der Waals surface area (Å²) in [6.07, 6.45) is 0. The molecule has 96 valence electrons. The van der Waals surface area contributed by atoms with Crippen LogP contribution in [0.15, 0.2) is 12.1 Å². The van der Waals surface area contributed by atoms with E-state index in [0.717, 1.165) is 18.9 Å². The van der Waals surface area contributed by atoms with Crippen LogP contribution < -0.4 is 5.32 Å². The molecule has 2 aromatic heterocycles. The molecule has 0 atom stereocenters. The third-order valence-electron chi connectivity index (χ3n) is 2.91. The van der Waals surface area contributed by atoms with Crippen molar-refractivity contribution in [3.63, 3.8) is 0 Å². The lowest BCUT2D eigenvalue weighted by Crippen LogP contribution is -2.36. The minimum Gasteiger partial charge on any atom is -0.367 e. The smallest absolute Gasteiger partial charge is 0.200 e. The third-order valence-corrected chi connectivity index (χ3v) is 3.85. The summed E-state index contributed by atoms with van der Waals surface area (Å²) in [4.78, 5) is 2.47. The van der Waals surface area contributed by atoms with Gasteiger partial charge in [0.15, 0.2) is 5.65 Å². The molecule has 0 bridgehead atoms. The first kappa shape index (κ1) is 11.7. The highest BCUT2D eigenvalue weighted by Gasteiger charge is 2.09. The maximum Gasteiger partial charge on any atom is 0.200 e. The number of nitrogens with one attached hydrogen (secondary N) is 1. The first-order chi connectivity index (χ1) is 8.92. The van der Waals surface area contributed by atoms with E-state index in [-0.39, 0.29) is 0 Å². The lowest BCUT2D eigenvalue weighted by Gasteiger charge is -2.26.